The smallest absolute Gasteiger partial charge is 0.255 e. The Morgan fingerprint density at radius 2 is 1.97 bits per heavy atom. The molecule has 0 aliphatic carbocycles. The number of ether oxygens (including phenoxy) is 1. The summed E-state index contributed by atoms with van der Waals surface area (Å²) in [7, 11) is 0. The van der Waals surface area contributed by atoms with E-state index in [9.17, 15) is 4.79 Å². The molecular formula is C24H31N5O2. The van der Waals surface area contributed by atoms with E-state index < -0.39 is 0 Å². The Morgan fingerprint density at radius 1 is 1.19 bits per heavy atom. The molecule has 0 unspecified atom stereocenters. The second-order valence-electron chi connectivity index (χ2n) is 7.96. The molecule has 7 heteroatoms. The van der Waals surface area contributed by atoms with Gasteiger partial charge in [0, 0.05) is 32.3 Å². The van der Waals surface area contributed by atoms with E-state index in [1.807, 2.05) is 41.2 Å². The lowest BCUT2D eigenvalue weighted by atomic mass is 10.0. The predicted molar refractivity (Wildman–Crippen MR) is 122 cm³/mol. The third-order valence-electron chi connectivity index (χ3n) is 5.74. The minimum Gasteiger partial charge on any atom is -0.381 e. The highest BCUT2D eigenvalue weighted by molar-refractivity contribution is 6.07. The van der Waals surface area contributed by atoms with Crippen LogP contribution in [0.5, 0.6) is 0 Å². The van der Waals surface area contributed by atoms with Crippen molar-refractivity contribution in [2.45, 2.75) is 58.7 Å². The van der Waals surface area contributed by atoms with Crippen LogP contribution in [-0.2, 0) is 24.2 Å². The quantitative estimate of drug-likeness (QED) is 0.576. The number of fused-ring (bicyclic) bond motifs is 1. The molecular weight excluding hydrogens is 390 g/mol. The monoisotopic (exact) mass is 421 g/mol. The molecule has 1 aliphatic heterocycles. The minimum atomic E-state index is -0.0967. The van der Waals surface area contributed by atoms with Gasteiger partial charge >= 0.3 is 0 Å². The van der Waals surface area contributed by atoms with Gasteiger partial charge in [0.2, 0.25) is 0 Å². The fraction of sp³-hybridized carbons (Fsp3) is 0.458. The maximum atomic E-state index is 13.5. The molecule has 1 aromatic carbocycles. The molecule has 2 aromatic heterocycles. The van der Waals surface area contributed by atoms with Crippen molar-refractivity contribution in [3.8, 4) is 0 Å². The largest absolute Gasteiger partial charge is 0.381 e. The number of anilines is 1. The number of nitrogens with zero attached hydrogens (tertiary/aromatic N) is 3. The van der Waals surface area contributed by atoms with E-state index in [0.717, 1.165) is 73.4 Å². The molecule has 31 heavy (non-hydrogen) atoms. The highest BCUT2D eigenvalue weighted by atomic mass is 16.5. The van der Waals surface area contributed by atoms with E-state index in [2.05, 4.69) is 29.6 Å². The molecule has 2 N–H and O–H groups in total. The van der Waals surface area contributed by atoms with Crippen molar-refractivity contribution in [1.29, 1.82) is 0 Å². The van der Waals surface area contributed by atoms with Crippen molar-refractivity contribution in [2.24, 2.45) is 0 Å². The van der Waals surface area contributed by atoms with Gasteiger partial charge in [-0.1, -0.05) is 43.7 Å². The molecule has 4 rings (SSSR count). The summed E-state index contributed by atoms with van der Waals surface area (Å²) in [4.78, 5) is 18.4. The normalized spacial score (nSPS) is 14.6. The average molecular weight is 422 g/mol. The van der Waals surface area contributed by atoms with E-state index in [-0.39, 0.29) is 11.9 Å². The number of aromatic nitrogens is 3. The van der Waals surface area contributed by atoms with E-state index >= 15 is 0 Å². The van der Waals surface area contributed by atoms with Gasteiger partial charge in [-0.2, -0.15) is 5.10 Å². The van der Waals surface area contributed by atoms with Gasteiger partial charge in [0.25, 0.3) is 5.91 Å². The average Bonchev–Trinajstić information content (AvgIpc) is 3.22. The van der Waals surface area contributed by atoms with E-state index in [0.29, 0.717) is 12.1 Å². The number of carbonyl (C=O) groups excluding carboxylic acids is 1. The molecule has 0 atom stereocenters. The second-order valence-corrected chi connectivity index (χ2v) is 7.96. The van der Waals surface area contributed by atoms with Crippen molar-refractivity contribution in [1.82, 2.24) is 20.1 Å². The zero-order chi connectivity index (χ0) is 21.6. The number of hydrogen-bond acceptors (Lipinski definition) is 5. The summed E-state index contributed by atoms with van der Waals surface area (Å²) in [6.07, 6.45) is 5.31. The Kier molecular flexibility index (Phi) is 6.82. The van der Waals surface area contributed by atoms with Gasteiger partial charge in [0.1, 0.15) is 0 Å². The van der Waals surface area contributed by atoms with Crippen LogP contribution in [-0.4, -0.2) is 39.9 Å². The highest BCUT2D eigenvalue weighted by Gasteiger charge is 2.25. The molecule has 7 nitrogen and oxygen atoms in total. The first kappa shape index (κ1) is 21.3. The number of carbonyl (C=O) groups is 1. The summed E-state index contributed by atoms with van der Waals surface area (Å²) in [5.74, 6) is -0.0967. The highest BCUT2D eigenvalue weighted by Crippen LogP contribution is 2.31. The number of nitrogens with one attached hydrogen (secondary N) is 2. The Bertz CT molecular complexity index is 1030. The summed E-state index contributed by atoms with van der Waals surface area (Å²) in [5, 5.41) is 12.2. The Morgan fingerprint density at radius 3 is 2.68 bits per heavy atom. The third-order valence-corrected chi connectivity index (χ3v) is 5.74. The van der Waals surface area contributed by atoms with Gasteiger partial charge < -0.3 is 15.4 Å². The number of hydrogen-bond donors (Lipinski definition) is 2. The third kappa shape index (κ3) is 4.71. The lowest BCUT2D eigenvalue weighted by Gasteiger charge is -2.26. The molecule has 0 bridgehead atoms. The van der Waals surface area contributed by atoms with Gasteiger partial charge in [0.05, 0.1) is 28.5 Å². The maximum absolute atomic E-state index is 13.5. The van der Waals surface area contributed by atoms with Crippen LogP contribution >= 0.6 is 0 Å². The van der Waals surface area contributed by atoms with Crippen molar-refractivity contribution < 1.29 is 9.53 Å². The predicted octanol–water partition coefficient (Wildman–Crippen LogP) is 3.92. The van der Waals surface area contributed by atoms with Crippen molar-refractivity contribution >= 4 is 22.6 Å². The number of pyridine rings is 1. The van der Waals surface area contributed by atoms with Crippen molar-refractivity contribution in [3.63, 3.8) is 0 Å². The summed E-state index contributed by atoms with van der Waals surface area (Å²) >= 11 is 0. The summed E-state index contributed by atoms with van der Waals surface area (Å²) < 4.78 is 7.42. The first-order valence-corrected chi connectivity index (χ1v) is 11.3. The minimum absolute atomic E-state index is 0.0967. The molecule has 3 aromatic rings. The van der Waals surface area contributed by atoms with Crippen LogP contribution in [0.1, 0.15) is 54.7 Å². The zero-order valence-corrected chi connectivity index (χ0v) is 18.4. The lowest BCUT2D eigenvalue weighted by molar-refractivity contribution is 0.0903. The fourth-order valence-corrected chi connectivity index (χ4v) is 4.09. The number of aryl methyl sites for hydroxylation is 2. The Hall–Kier alpha value is -2.93. The molecule has 0 saturated carbocycles. The van der Waals surface area contributed by atoms with Crippen LogP contribution in [0.3, 0.4) is 0 Å². The summed E-state index contributed by atoms with van der Waals surface area (Å²) in [6.45, 7) is 6.85. The van der Waals surface area contributed by atoms with Crippen LogP contribution in [0.2, 0.25) is 0 Å². The van der Waals surface area contributed by atoms with Gasteiger partial charge in [-0.05, 0) is 31.7 Å². The van der Waals surface area contributed by atoms with Crippen molar-refractivity contribution in [2.75, 3.05) is 18.5 Å². The van der Waals surface area contributed by atoms with Crippen LogP contribution in [0.15, 0.2) is 36.5 Å². The van der Waals surface area contributed by atoms with Gasteiger partial charge in [-0.3, -0.25) is 4.79 Å². The fourth-order valence-electron chi connectivity index (χ4n) is 4.09. The molecule has 0 radical (unpaired) electrons. The van der Waals surface area contributed by atoms with Crippen LogP contribution in [0, 0.1) is 0 Å². The SMILES string of the molecule is CCCc1nc2c(cnn2CC)c(NC2CCOCC2)c1C(=O)NCc1ccccc1. The van der Waals surface area contributed by atoms with Gasteiger partial charge in [-0.25, -0.2) is 9.67 Å². The van der Waals surface area contributed by atoms with E-state index in [1.165, 1.54) is 0 Å². The van der Waals surface area contributed by atoms with Crippen LogP contribution in [0.25, 0.3) is 11.0 Å². The van der Waals surface area contributed by atoms with Crippen LogP contribution < -0.4 is 10.6 Å². The number of amides is 1. The molecule has 1 amide bonds. The zero-order valence-electron chi connectivity index (χ0n) is 18.4. The molecule has 0 spiro atoms. The van der Waals surface area contributed by atoms with E-state index in [1.54, 1.807) is 0 Å². The molecule has 164 valence electrons. The maximum Gasteiger partial charge on any atom is 0.255 e. The first-order chi connectivity index (χ1) is 15.2. The van der Waals surface area contributed by atoms with Gasteiger partial charge in [0.15, 0.2) is 5.65 Å². The Balaban J connectivity index is 1.75. The second kappa shape index (κ2) is 9.92. The van der Waals surface area contributed by atoms with Gasteiger partial charge in [-0.15, -0.1) is 0 Å². The molecule has 1 fully saturated rings. The summed E-state index contributed by atoms with van der Waals surface area (Å²) in [6, 6.07) is 10.2. The van der Waals surface area contributed by atoms with E-state index in [4.69, 9.17) is 9.72 Å². The molecule has 1 saturated heterocycles. The number of benzene rings is 1. The first-order valence-electron chi connectivity index (χ1n) is 11.3. The standard InChI is InChI=1S/C24H31N5O2/c1-3-8-20-21(24(30)25-15-17-9-6-5-7-10-17)22(27-18-11-13-31-14-12-18)19-16-26-29(4-2)23(19)28-20/h5-7,9-10,16,18H,3-4,8,11-15H2,1-2H3,(H,25,30)(H,27,28). The number of rotatable bonds is 8. The Labute approximate surface area is 183 Å². The van der Waals surface area contributed by atoms with Crippen LogP contribution in [0.4, 0.5) is 5.69 Å². The lowest BCUT2D eigenvalue weighted by Crippen LogP contribution is -2.31. The van der Waals surface area contributed by atoms with Crippen molar-refractivity contribution in [3.05, 3.63) is 53.3 Å². The summed E-state index contributed by atoms with van der Waals surface area (Å²) in [5.41, 5.74) is 4.23. The molecule has 1 aliphatic rings. The topological polar surface area (TPSA) is 81.1 Å². The molecule has 3 heterocycles.